The van der Waals surface area contributed by atoms with E-state index >= 15 is 0 Å². The maximum absolute atomic E-state index is 13.4. The van der Waals surface area contributed by atoms with Gasteiger partial charge < -0.3 is 5.32 Å². The molecule has 2 rings (SSSR count). The van der Waals surface area contributed by atoms with Gasteiger partial charge in [-0.1, -0.05) is 18.2 Å². The van der Waals surface area contributed by atoms with E-state index in [0.29, 0.717) is 17.6 Å². The molecule has 0 aromatic heterocycles. The number of sulfonamides is 1. The van der Waals surface area contributed by atoms with Crippen LogP contribution in [0.4, 0.5) is 4.39 Å². The molecule has 0 saturated carbocycles. The number of nitrogens with two attached hydrogens (primary N) is 1. The molecule has 0 spiro atoms. The monoisotopic (exact) mass is 372 g/mol. The molecule has 0 bridgehead atoms. The minimum atomic E-state index is -3.70. The molecular formula is C14H14BrFN2O2S. The lowest BCUT2D eigenvalue weighted by molar-refractivity contribution is 0.597. The minimum absolute atomic E-state index is 0.0801. The van der Waals surface area contributed by atoms with Gasteiger partial charge in [-0.15, -0.1) is 0 Å². The molecule has 3 N–H and O–H groups in total. The zero-order valence-electron chi connectivity index (χ0n) is 11.0. The average molecular weight is 373 g/mol. The Morgan fingerprint density at radius 1 is 1.10 bits per heavy atom. The van der Waals surface area contributed by atoms with Crippen LogP contribution >= 0.6 is 15.9 Å². The lowest BCUT2D eigenvalue weighted by Crippen LogP contribution is -2.15. The Bertz CT molecular complexity index is 750. The molecule has 0 unspecified atom stereocenters. The van der Waals surface area contributed by atoms with Crippen LogP contribution in [0, 0.1) is 5.82 Å². The highest BCUT2D eigenvalue weighted by Gasteiger charge is 2.07. The first kappa shape index (κ1) is 16.1. The molecule has 0 aliphatic carbocycles. The molecule has 0 fully saturated rings. The van der Waals surface area contributed by atoms with Crippen LogP contribution in [-0.2, 0) is 23.1 Å². The first-order valence-electron chi connectivity index (χ1n) is 6.12. The molecule has 2 aromatic carbocycles. The van der Waals surface area contributed by atoms with E-state index < -0.39 is 10.0 Å². The van der Waals surface area contributed by atoms with E-state index in [1.807, 2.05) is 0 Å². The van der Waals surface area contributed by atoms with Crippen molar-refractivity contribution >= 4 is 26.0 Å². The molecule has 0 aliphatic heterocycles. The van der Waals surface area contributed by atoms with E-state index in [1.54, 1.807) is 24.3 Å². The summed E-state index contributed by atoms with van der Waals surface area (Å²) in [7, 11) is -3.70. The van der Waals surface area contributed by atoms with Crippen molar-refractivity contribution in [3.8, 4) is 0 Å². The average Bonchev–Trinajstić information content (AvgIpc) is 2.42. The van der Waals surface area contributed by atoms with Crippen molar-refractivity contribution < 1.29 is 12.8 Å². The second kappa shape index (κ2) is 6.65. The van der Waals surface area contributed by atoms with Gasteiger partial charge in [0.1, 0.15) is 5.82 Å². The van der Waals surface area contributed by atoms with Crippen LogP contribution in [0.5, 0.6) is 0 Å². The van der Waals surface area contributed by atoms with Crippen molar-refractivity contribution in [2.24, 2.45) is 5.14 Å². The molecule has 2 aromatic rings. The van der Waals surface area contributed by atoms with Crippen LogP contribution in [0.25, 0.3) is 0 Å². The molecular weight excluding hydrogens is 359 g/mol. The number of nitrogens with one attached hydrogen (secondary N) is 1. The van der Waals surface area contributed by atoms with Gasteiger partial charge in [0.15, 0.2) is 0 Å². The summed E-state index contributed by atoms with van der Waals surface area (Å²) in [6, 6.07) is 11.3. The lowest BCUT2D eigenvalue weighted by Gasteiger charge is -2.07. The second-order valence-corrected chi connectivity index (χ2v) is 6.96. The highest BCUT2D eigenvalue weighted by Crippen LogP contribution is 2.16. The maximum atomic E-state index is 13.4. The molecule has 0 aliphatic rings. The van der Waals surface area contributed by atoms with Crippen LogP contribution in [0.15, 0.2) is 51.8 Å². The molecule has 0 amide bonds. The van der Waals surface area contributed by atoms with Gasteiger partial charge >= 0.3 is 0 Å². The lowest BCUT2D eigenvalue weighted by atomic mass is 10.2. The second-order valence-electron chi connectivity index (χ2n) is 4.54. The van der Waals surface area contributed by atoms with Gasteiger partial charge in [-0.3, -0.25) is 0 Å². The summed E-state index contributed by atoms with van der Waals surface area (Å²) < 4.78 is 36.3. The van der Waals surface area contributed by atoms with Gasteiger partial charge in [-0.2, -0.15) is 0 Å². The number of rotatable bonds is 5. The first-order valence-corrected chi connectivity index (χ1v) is 8.46. The predicted molar refractivity (Wildman–Crippen MR) is 82.5 cm³/mol. The van der Waals surface area contributed by atoms with Crippen molar-refractivity contribution in [3.05, 3.63) is 63.9 Å². The fourth-order valence-corrected chi connectivity index (χ4v) is 2.66. The van der Waals surface area contributed by atoms with Crippen molar-refractivity contribution in [2.45, 2.75) is 18.0 Å². The van der Waals surface area contributed by atoms with Gasteiger partial charge in [0.2, 0.25) is 10.0 Å². The Morgan fingerprint density at radius 2 is 1.76 bits per heavy atom. The van der Waals surface area contributed by atoms with Crippen molar-refractivity contribution in [1.29, 1.82) is 0 Å². The summed E-state index contributed by atoms with van der Waals surface area (Å²) in [5.74, 6) is -0.314. The zero-order chi connectivity index (χ0) is 15.5. The van der Waals surface area contributed by atoms with Crippen molar-refractivity contribution in [1.82, 2.24) is 5.32 Å². The number of primary sulfonamides is 1. The summed E-state index contributed by atoms with van der Waals surface area (Å²) in [4.78, 5) is 0.0801. The van der Waals surface area contributed by atoms with Crippen LogP contribution in [0.2, 0.25) is 0 Å². The summed E-state index contributed by atoms with van der Waals surface area (Å²) in [5.41, 5.74) is 1.59. The molecule has 0 saturated heterocycles. The number of hydrogen-bond donors (Lipinski definition) is 2. The Hall–Kier alpha value is -1.28. The normalized spacial score (nSPS) is 11.6. The standard InChI is InChI=1S/C14H14BrFN2O2S/c15-13-5-4-11(7-14(13)16)9-18-8-10-2-1-3-12(6-10)21(17,19)20/h1-7,18H,8-9H2,(H2,17,19,20). The smallest absolute Gasteiger partial charge is 0.238 e. The minimum Gasteiger partial charge on any atom is -0.309 e. The highest BCUT2D eigenvalue weighted by atomic mass is 79.9. The Balaban J connectivity index is 1.99. The molecule has 21 heavy (non-hydrogen) atoms. The molecule has 0 radical (unpaired) electrons. The fourth-order valence-electron chi connectivity index (χ4n) is 1.83. The third kappa shape index (κ3) is 4.60. The number of benzene rings is 2. The van der Waals surface area contributed by atoms with Gasteiger partial charge in [0.05, 0.1) is 9.37 Å². The van der Waals surface area contributed by atoms with Crippen LogP contribution < -0.4 is 10.5 Å². The van der Waals surface area contributed by atoms with E-state index in [-0.39, 0.29) is 10.7 Å². The topological polar surface area (TPSA) is 72.2 Å². The fraction of sp³-hybridized carbons (Fsp3) is 0.143. The predicted octanol–water partition coefficient (Wildman–Crippen LogP) is 2.53. The van der Waals surface area contributed by atoms with E-state index in [1.165, 1.54) is 18.2 Å². The largest absolute Gasteiger partial charge is 0.309 e. The van der Waals surface area contributed by atoms with E-state index in [4.69, 9.17) is 5.14 Å². The number of hydrogen-bond acceptors (Lipinski definition) is 3. The van der Waals surface area contributed by atoms with E-state index in [0.717, 1.165) is 11.1 Å². The Kier molecular flexibility index (Phi) is 5.10. The first-order chi connectivity index (χ1) is 9.86. The van der Waals surface area contributed by atoms with E-state index in [2.05, 4.69) is 21.2 Å². The van der Waals surface area contributed by atoms with Gasteiger partial charge in [-0.05, 0) is 51.3 Å². The molecule has 4 nitrogen and oxygen atoms in total. The molecule has 0 atom stereocenters. The highest BCUT2D eigenvalue weighted by molar-refractivity contribution is 9.10. The maximum Gasteiger partial charge on any atom is 0.238 e. The Morgan fingerprint density at radius 3 is 2.38 bits per heavy atom. The quantitative estimate of drug-likeness (QED) is 0.846. The third-order valence-corrected chi connectivity index (χ3v) is 4.42. The van der Waals surface area contributed by atoms with Crippen LogP contribution in [0.3, 0.4) is 0 Å². The third-order valence-electron chi connectivity index (χ3n) is 2.87. The van der Waals surface area contributed by atoms with Crippen LogP contribution in [0.1, 0.15) is 11.1 Å². The Labute approximate surface area is 131 Å². The summed E-state index contributed by atoms with van der Waals surface area (Å²) >= 11 is 3.10. The molecule has 7 heteroatoms. The van der Waals surface area contributed by atoms with Crippen LogP contribution in [-0.4, -0.2) is 8.42 Å². The van der Waals surface area contributed by atoms with Gasteiger partial charge in [-0.25, -0.2) is 17.9 Å². The summed E-state index contributed by atoms with van der Waals surface area (Å²) in [5, 5.41) is 8.21. The summed E-state index contributed by atoms with van der Waals surface area (Å²) in [6.07, 6.45) is 0. The van der Waals surface area contributed by atoms with E-state index in [9.17, 15) is 12.8 Å². The molecule has 0 heterocycles. The van der Waals surface area contributed by atoms with Gasteiger partial charge in [0.25, 0.3) is 0 Å². The van der Waals surface area contributed by atoms with Crippen molar-refractivity contribution in [3.63, 3.8) is 0 Å². The zero-order valence-corrected chi connectivity index (χ0v) is 13.4. The van der Waals surface area contributed by atoms with Gasteiger partial charge in [0, 0.05) is 13.1 Å². The van der Waals surface area contributed by atoms with Crippen molar-refractivity contribution in [2.75, 3.05) is 0 Å². The summed E-state index contributed by atoms with van der Waals surface area (Å²) in [6.45, 7) is 0.935. The SMILES string of the molecule is NS(=O)(=O)c1cccc(CNCc2ccc(Br)c(F)c2)c1. The number of halogens is 2. The molecule has 112 valence electrons.